The van der Waals surface area contributed by atoms with E-state index in [1.165, 1.54) is 19.2 Å². The molecule has 7 nitrogen and oxygen atoms in total. The van der Waals surface area contributed by atoms with Crippen molar-refractivity contribution in [3.63, 3.8) is 0 Å². The van der Waals surface area contributed by atoms with Crippen molar-refractivity contribution in [3.05, 3.63) is 89.1 Å². The van der Waals surface area contributed by atoms with Crippen molar-refractivity contribution in [2.24, 2.45) is 5.92 Å². The number of rotatable bonds is 10. The van der Waals surface area contributed by atoms with Gasteiger partial charge in [0.15, 0.2) is 0 Å². The van der Waals surface area contributed by atoms with Crippen LogP contribution in [0.4, 0.5) is 19.0 Å². The highest BCUT2D eigenvalue weighted by atomic mass is 19.4. The van der Waals surface area contributed by atoms with Gasteiger partial charge in [0, 0.05) is 25.8 Å². The molecule has 0 saturated carbocycles. The van der Waals surface area contributed by atoms with Gasteiger partial charge >= 0.3 is 12.1 Å². The Balaban J connectivity index is 0.00000226. The fourth-order valence-electron chi connectivity index (χ4n) is 4.48. The largest absolute Gasteiger partial charge is 0.494 e. The van der Waals surface area contributed by atoms with Crippen molar-refractivity contribution in [1.29, 1.82) is 0 Å². The molecule has 0 spiro atoms. The maximum atomic E-state index is 13.4. The average Bonchev–Trinajstić information content (AvgIpc) is 3.10. The fourth-order valence-corrected chi connectivity index (χ4v) is 4.48. The van der Waals surface area contributed by atoms with Crippen LogP contribution in [0.3, 0.4) is 0 Å². The lowest BCUT2D eigenvalue weighted by Crippen LogP contribution is -2.35. The summed E-state index contributed by atoms with van der Waals surface area (Å²) < 4.78 is 49.7. The highest BCUT2D eigenvalue weighted by Gasteiger charge is 2.33. The second kappa shape index (κ2) is 15.1. The molecule has 1 aromatic heterocycles. The van der Waals surface area contributed by atoms with E-state index in [0.717, 1.165) is 35.5 Å². The Labute approximate surface area is 238 Å². The van der Waals surface area contributed by atoms with Gasteiger partial charge in [-0.2, -0.15) is 13.2 Å². The number of hydrogen-bond donors (Lipinski definition) is 1. The van der Waals surface area contributed by atoms with Gasteiger partial charge in [-0.05, 0) is 65.9 Å². The Bertz CT molecular complexity index is 1270. The summed E-state index contributed by atoms with van der Waals surface area (Å²) in [5, 5.41) is 3.22. The predicted octanol–water partition coefficient (Wildman–Crippen LogP) is 6.27. The van der Waals surface area contributed by atoms with Gasteiger partial charge in [-0.25, -0.2) is 4.98 Å². The van der Waals surface area contributed by atoms with Gasteiger partial charge in [0.2, 0.25) is 5.91 Å². The van der Waals surface area contributed by atoms with Crippen molar-refractivity contribution >= 4 is 17.7 Å². The summed E-state index contributed by atoms with van der Waals surface area (Å²) in [7, 11) is 1.27. The molecule has 3 aromatic rings. The van der Waals surface area contributed by atoms with Gasteiger partial charge in [-0.3, -0.25) is 9.59 Å². The minimum atomic E-state index is -4.44. The van der Waals surface area contributed by atoms with Crippen molar-refractivity contribution in [2.75, 3.05) is 25.6 Å². The van der Waals surface area contributed by atoms with Gasteiger partial charge in [-0.15, -0.1) is 0 Å². The second-order valence-electron chi connectivity index (χ2n) is 9.34. The molecule has 41 heavy (non-hydrogen) atoms. The first-order valence-electron chi connectivity index (χ1n) is 13.6. The first-order valence-corrected chi connectivity index (χ1v) is 13.6. The number of hydrogen-bond acceptors (Lipinski definition) is 6. The normalized spacial score (nSPS) is 14.7. The lowest BCUT2D eigenvalue weighted by Gasteiger charge is -2.24. The summed E-state index contributed by atoms with van der Waals surface area (Å²) >= 11 is 0. The van der Waals surface area contributed by atoms with Crippen LogP contribution in [0.1, 0.15) is 48.9 Å². The molecule has 1 unspecified atom stereocenters. The Morgan fingerprint density at radius 2 is 1.83 bits per heavy atom. The number of alkyl halides is 3. The molecule has 1 aliphatic rings. The van der Waals surface area contributed by atoms with Crippen molar-refractivity contribution < 1.29 is 32.2 Å². The number of amides is 1. The number of ether oxygens (including phenoxy) is 2. The van der Waals surface area contributed by atoms with Crippen LogP contribution in [0.5, 0.6) is 5.75 Å². The number of aromatic nitrogens is 1. The summed E-state index contributed by atoms with van der Waals surface area (Å²) in [6.07, 6.45) is -1.71. The van der Waals surface area contributed by atoms with E-state index in [2.05, 4.69) is 10.3 Å². The highest BCUT2D eigenvalue weighted by Crippen LogP contribution is 2.31. The van der Waals surface area contributed by atoms with E-state index in [4.69, 9.17) is 9.47 Å². The van der Waals surface area contributed by atoms with Gasteiger partial charge in [-0.1, -0.05) is 38.1 Å². The molecule has 1 N–H and O–H groups in total. The third kappa shape index (κ3) is 9.23. The number of carbonyl (C=O) groups excluding carboxylic acids is 2. The number of pyridine rings is 1. The zero-order valence-corrected chi connectivity index (χ0v) is 23.5. The summed E-state index contributed by atoms with van der Waals surface area (Å²) in [6.45, 7) is 5.51. The van der Waals surface area contributed by atoms with Crippen LogP contribution in [0.25, 0.3) is 0 Å². The number of fused-ring (bicyclic) bond motifs is 1. The minimum Gasteiger partial charge on any atom is -0.494 e. The van der Waals surface area contributed by atoms with Crippen LogP contribution in [0.15, 0.2) is 66.9 Å². The molecule has 4 rings (SSSR count). The number of halogens is 3. The fraction of sp³-hybridized carbons (Fsp3) is 0.387. The quantitative estimate of drug-likeness (QED) is 0.228. The topological polar surface area (TPSA) is 80.8 Å². The lowest BCUT2D eigenvalue weighted by molar-refractivity contribution is -0.147. The summed E-state index contributed by atoms with van der Waals surface area (Å²) in [5.41, 5.74) is 1.59. The monoisotopic (exact) mass is 571 g/mol. The van der Waals surface area contributed by atoms with Crippen LogP contribution in [0, 0.1) is 5.92 Å². The number of carbonyl (C=O) groups is 2. The number of esters is 1. The van der Waals surface area contributed by atoms with Gasteiger partial charge < -0.3 is 19.7 Å². The number of nitrogens with one attached hydrogen (secondary N) is 1. The van der Waals surface area contributed by atoms with E-state index >= 15 is 0 Å². The molecule has 2 heterocycles. The zero-order chi connectivity index (χ0) is 29.8. The predicted molar refractivity (Wildman–Crippen MR) is 150 cm³/mol. The van der Waals surface area contributed by atoms with Crippen LogP contribution in [-0.4, -0.2) is 42.0 Å². The molecule has 10 heteroatoms. The second-order valence-corrected chi connectivity index (χ2v) is 9.34. The number of methoxy groups -OCH3 is 1. The Morgan fingerprint density at radius 3 is 2.49 bits per heavy atom. The van der Waals surface area contributed by atoms with Crippen LogP contribution < -0.4 is 10.1 Å². The van der Waals surface area contributed by atoms with E-state index in [9.17, 15) is 22.8 Å². The minimum absolute atomic E-state index is 0.0835. The molecular weight excluding hydrogens is 535 g/mol. The molecule has 0 bridgehead atoms. The van der Waals surface area contributed by atoms with E-state index in [0.29, 0.717) is 30.9 Å². The van der Waals surface area contributed by atoms with Crippen LogP contribution in [-0.2, 0) is 40.0 Å². The van der Waals surface area contributed by atoms with E-state index in [1.54, 1.807) is 11.1 Å². The third-order valence-electron chi connectivity index (χ3n) is 6.52. The lowest BCUT2D eigenvalue weighted by atomic mass is 9.94. The van der Waals surface area contributed by atoms with E-state index in [1.807, 2.05) is 50.2 Å². The maximum Gasteiger partial charge on any atom is 0.416 e. The molecule has 0 saturated heterocycles. The van der Waals surface area contributed by atoms with Gasteiger partial charge in [0.1, 0.15) is 11.6 Å². The summed E-state index contributed by atoms with van der Waals surface area (Å²) in [6, 6.07) is 16.0. The average molecular weight is 572 g/mol. The van der Waals surface area contributed by atoms with Crippen molar-refractivity contribution in [3.8, 4) is 5.75 Å². The van der Waals surface area contributed by atoms with Crippen molar-refractivity contribution in [2.45, 2.75) is 52.4 Å². The Hall–Kier alpha value is -4.08. The highest BCUT2D eigenvalue weighted by molar-refractivity contribution is 5.84. The molecule has 1 amide bonds. The van der Waals surface area contributed by atoms with Crippen LogP contribution in [0.2, 0.25) is 0 Å². The van der Waals surface area contributed by atoms with Crippen LogP contribution >= 0.6 is 0 Å². The molecular formula is C31H36F3N3O4. The summed E-state index contributed by atoms with van der Waals surface area (Å²) in [5.74, 6) is 0.0597. The number of nitrogens with zero attached hydrogens (tertiary/aromatic N) is 2. The SMILES string of the molecule is CC.COC(=O)CC1Cc2ccc(OCCCNc3ccccn3)cc2CN(Cc2ccc(C(F)(F)F)cc2)C1=O. The smallest absolute Gasteiger partial charge is 0.416 e. The molecule has 2 aromatic carbocycles. The molecule has 0 aliphatic carbocycles. The first kappa shape index (κ1) is 31.4. The van der Waals surface area contributed by atoms with E-state index < -0.39 is 23.6 Å². The first-order chi connectivity index (χ1) is 19.7. The molecule has 1 aliphatic heterocycles. The van der Waals surface area contributed by atoms with Gasteiger partial charge in [0.25, 0.3) is 0 Å². The van der Waals surface area contributed by atoms with Crippen molar-refractivity contribution in [1.82, 2.24) is 9.88 Å². The Kier molecular flexibility index (Phi) is 11.6. The number of benzene rings is 2. The van der Waals surface area contributed by atoms with E-state index in [-0.39, 0.29) is 25.4 Å². The molecule has 1 atom stereocenters. The molecule has 0 radical (unpaired) electrons. The van der Waals surface area contributed by atoms with Gasteiger partial charge in [0.05, 0.1) is 31.6 Å². The molecule has 0 fully saturated rings. The zero-order valence-electron chi connectivity index (χ0n) is 23.5. The molecule has 220 valence electrons. The summed E-state index contributed by atoms with van der Waals surface area (Å²) in [4.78, 5) is 31.3. The Morgan fingerprint density at radius 1 is 1.07 bits per heavy atom. The third-order valence-corrected chi connectivity index (χ3v) is 6.52. The number of anilines is 1. The standard InChI is InChI=1S/C29H30F3N3O4.C2H6/c1-38-27(36)17-22-15-21-8-11-25(39-14-4-13-34-26-5-2-3-12-33-26)16-23(21)19-35(28(22)37)18-20-6-9-24(10-7-20)29(30,31)32;1-2/h2-3,5-12,16,22H,4,13-15,17-19H2,1H3,(H,33,34);1-2H3. The maximum absolute atomic E-state index is 13.4.